The molecule has 0 fully saturated rings. The number of carboxylic acid groups (broad SMARTS) is 1. The standard InChI is InChI=1S/C16H24BrNO2S/c1-3-11-18-16(2,15(19)20)10-6-7-12-21-14-9-5-4-8-13(14)17/h4-5,8-9,18H,3,6-7,10-12H2,1-2H3,(H,19,20). The number of benzene rings is 1. The molecule has 2 N–H and O–H groups in total. The lowest BCUT2D eigenvalue weighted by molar-refractivity contribution is -0.144. The first-order chi connectivity index (χ1) is 9.99. The van der Waals surface area contributed by atoms with Gasteiger partial charge in [-0.25, -0.2) is 0 Å². The van der Waals surface area contributed by atoms with Gasteiger partial charge in [0.2, 0.25) is 0 Å². The quantitative estimate of drug-likeness (QED) is 0.466. The summed E-state index contributed by atoms with van der Waals surface area (Å²) in [5.41, 5.74) is -0.798. The molecule has 0 amide bonds. The van der Waals surface area contributed by atoms with Gasteiger partial charge >= 0.3 is 5.97 Å². The van der Waals surface area contributed by atoms with Crippen molar-refractivity contribution in [2.75, 3.05) is 12.3 Å². The van der Waals surface area contributed by atoms with Crippen molar-refractivity contribution in [3.05, 3.63) is 28.7 Å². The second-order valence-corrected chi connectivity index (χ2v) is 7.29. The fourth-order valence-corrected chi connectivity index (χ4v) is 3.57. The lowest BCUT2D eigenvalue weighted by Crippen LogP contribution is -2.49. The maximum Gasteiger partial charge on any atom is 0.323 e. The number of nitrogens with one attached hydrogen (secondary N) is 1. The molecule has 118 valence electrons. The summed E-state index contributed by atoms with van der Waals surface area (Å²) in [6.45, 7) is 4.57. The summed E-state index contributed by atoms with van der Waals surface area (Å²) in [5.74, 6) is 0.251. The Balaban J connectivity index is 2.32. The van der Waals surface area contributed by atoms with E-state index in [1.54, 1.807) is 6.92 Å². The molecule has 3 nitrogen and oxygen atoms in total. The van der Waals surface area contributed by atoms with E-state index in [-0.39, 0.29) is 0 Å². The number of thioether (sulfide) groups is 1. The van der Waals surface area contributed by atoms with E-state index in [4.69, 9.17) is 0 Å². The van der Waals surface area contributed by atoms with Crippen molar-refractivity contribution < 1.29 is 9.90 Å². The summed E-state index contributed by atoms with van der Waals surface area (Å²) in [4.78, 5) is 12.6. The summed E-state index contributed by atoms with van der Waals surface area (Å²) in [5, 5.41) is 12.5. The fourth-order valence-electron chi connectivity index (χ4n) is 2.00. The molecule has 1 aromatic rings. The Hall–Kier alpha value is -0.520. The van der Waals surface area contributed by atoms with Gasteiger partial charge in [0.25, 0.3) is 0 Å². The van der Waals surface area contributed by atoms with Gasteiger partial charge in [0, 0.05) is 9.37 Å². The van der Waals surface area contributed by atoms with E-state index in [0.29, 0.717) is 6.42 Å². The number of hydrogen-bond donors (Lipinski definition) is 2. The van der Waals surface area contributed by atoms with Gasteiger partial charge in [-0.05, 0) is 66.5 Å². The molecule has 0 aliphatic carbocycles. The Morgan fingerprint density at radius 1 is 1.38 bits per heavy atom. The molecule has 0 aliphatic rings. The molecule has 1 aromatic carbocycles. The first kappa shape index (κ1) is 18.5. The normalized spacial score (nSPS) is 13.9. The van der Waals surface area contributed by atoms with E-state index in [1.165, 1.54) is 4.90 Å². The molecule has 0 aromatic heterocycles. The van der Waals surface area contributed by atoms with Crippen LogP contribution in [-0.4, -0.2) is 28.9 Å². The van der Waals surface area contributed by atoms with Crippen LogP contribution in [-0.2, 0) is 4.79 Å². The van der Waals surface area contributed by atoms with Gasteiger partial charge in [0.1, 0.15) is 5.54 Å². The van der Waals surface area contributed by atoms with Crippen molar-refractivity contribution >= 4 is 33.7 Å². The molecule has 0 saturated heterocycles. The third-order valence-corrected chi connectivity index (χ3v) is 5.52. The smallest absolute Gasteiger partial charge is 0.323 e. The Kier molecular flexibility index (Phi) is 8.37. The van der Waals surface area contributed by atoms with Gasteiger partial charge in [0.05, 0.1) is 0 Å². The topological polar surface area (TPSA) is 49.3 Å². The van der Waals surface area contributed by atoms with Crippen LogP contribution < -0.4 is 5.32 Å². The van der Waals surface area contributed by atoms with E-state index in [1.807, 2.05) is 36.9 Å². The van der Waals surface area contributed by atoms with Crippen molar-refractivity contribution in [3.8, 4) is 0 Å². The average molecular weight is 374 g/mol. The predicted octanol–water partition coefficient (Wildman–Crippen LogP) is 4.55. The lowest BCUT2D eigenvalue weighted by Gasteiger charge is -2.26. The molecule has 21 heavy (non-hydrogen) atoms. The molecule has 1 unspecified atom stereocenters. The molecule has 1 atom stereocenters. The highest BCUT2D eigenvalue weighted by atomic mass is 79.9. The summed E-state index contributed by atoms with van der Waals surface area (Å²) in [7, 11) is 0. The number of aliphatic carboxylic acids is 1. The zero-order valence-corrected chi connectivity index (χ0v) is 15.1. The Morgan fingerprint density at radius 2 is 2.10 bits per heavy atom. The number of unbranched alkanes of at least 4 members (excludes halogenated alkanes) is 1. The third-order valence-electron chi connectivity index (χ3n) is 3.40. The zero-order valence-electron chi connectivity index (χ0n) is 12.7. The minimum absolute atomic E-state index is 0.666. The van der Waals surface area contributed by atoms with Gasteiger partial charge in [-0.3, -0.25) is 4.79 Å². The second-order valence-electron chi connectivity index (χ2n) is 5.30. The summed E-state index contributed by atoms with van der Waals surface area (Å²) in [6.07, 6.45) is 3.54. The van der Waals surface area contributed by atoms with Crippen LogP contribution >= 0.6 is 27.7 Å². The SMILES string of the molecule is CCCNC(C)(CCCCSc1ccccc1Br)C(=O)O. The van der Waals surface area contributed by atoms with Crippen LogP contribution in [0.2, 0.25) is 0 Å². The van der Waals surface area contributed by atoms with Crippen LogP contribution in [0, 0.1) is 0 Å². The van der Waals surface area contributed by atoms with Crippen LogP contribution in [0.3, 0.4) is 0 Å². The van der Waals surface area contributed by atoms with Crippen LogP contribution in [0.15, 0.2) is 33.6 Å². The average Bonchev–Trinajstić information content (AvgIpc) is 2.46. The molecule has 0 aliphatic heterocycles. The van der Waals surface area contributed by atoms with Crippen molar-refractivity contribution in [1.82, 2.24) is 5.32 Å². The lowest BCUT2D eigenvalue weighted by atomic mass is 9.95. The third kappa shape index (κ3) is 6.41. The maximum absolute atomic E-state index is 11.4. The number of rotatable bonds is 10. The predicted molar refractivity (Wildman–Crippen MR) is 93.1 cm³/mol. The van der Waals surface area contributed by atoms with E-state index in [2.05, 4.69) is 27.3 Å². The van der Waals surface area contributed by atoms with E-state index >= 15 is 0 Å². The van der Waals surface area contributed by atoms with Crippen molar-refractivity contribution in [2.45, 2.75) is 50.0 Å². The Bertz CT molecular complexity index is 456. The van der Waals surface area contributed by atoms with Crippen molar-refractivity contribution in [3.63, 3.8) is 0 Å². The first-order valence-corrected chi connectivity index (χ1v) is 9.13. The monoisotopic (exact) mass is 373 g/mol. The fraction of sp³-hybridized carbons (Fsp3) is 0.562. The minimum atomic E-state index is -0.798. The first-order valence-electron chi connectivity index (χ1n) is 7.35. The number of carbonyl (C=O) groups is 1. The van der Waals surface area contributed by atoms with E-state index in [0.717, 1.165) is 36.0 Å². The highest BCUT2D eigenvalue weighted by molar-refractivity contribution is 9.10. The largest absolute Gasteiger partial charge is 0.480 e. The maximum atomic E-state index is 11.4. The molecule has 0 spiro atoms. The zero-order chi connectivity index (χ0) is 15.7. The molecule has 0 radical (unpaired) electrons. The molecule has 0 bridgehead atoms. The molecule has 0 saturated carbocycles. The summed E-state index contributed by atoms with van der Waals surface area (Å²) >= 11 is 5.35. The number of hydrogen-bond acceptors (Lipinski definition) is 3. The van der Waals surface area contributed by atoms with Crippen LogP contribution in [0.4, 0.5) is 0 Å². The second kappa shape index (κ2) is 9.49. The minimum Gasteiger partial charge on any atom is -0.480 e. The van der Waals surface area contributed by atoms with Crippen molar-refractivity contribution in [2.24, 2.45) is 0 Å². The van der Waals surface area contributed by atoms with Gasteiger partial charge in [0.15, 0.2) is 0 Å². The van der Waals surface area contributed by atoms with Crippen LogP contribution in [0.5, 0.6) is 0 Å². The van der Waals surface area contributed by atoms with E-state index < -0.39 is 11.5 Å². The summed E-state index contributed by atoms with van der Waals surface area (Å²) < 4.78 is 1.12. The molecule has 1 rings (SSSR count). The Labute approximate surface area is 140 Å². The van der Waals surface area contributed by atoms with Gasteiger partial charge < -0.3 is 10.4 Å². The molecular formula is C16H24BrNO2S. The Morgan fingerprint density at radius 3 is 2.71 bits per heavy atom. The van der Waals surface area contributed by atoms with E-state index in [9.17, 15) is 9.90 Å². The molecular weight excluding hydrogens is 350 g/mol. The van der Waals surface area contributed by atoms with Crippen LogP contribution in [0.25, 0.3) is 0 Å². The number of carboxylic acids is 1. The molecule has 0 heterocycles. The molecule has 5 heteroatoms. The van der Waals surface area contributed by atoms with Gasteiger partial charge in [-0.1, -0.05) is 25.5 Å². The number of halogens is 1. The van der Waals surface area contributed by atoms with Gasteiger partial charge in [-0.15, -0.1) is 11.8 Å². The van der Waals surface area contributed by atoms with Gasteiger partial charge in [-0.2, -0.15) is 0 Å². The van der Waals surface area contributed by atoms with Crippen molar-refractivity contribution in [1.29, 1.82) is 0 Å². The summed E-state index contributed by atoms with van der Waals surface area (Å²) in [6, 6.07) is 8.17. The van der Waals surface area contributed by atoms with Crippen LogP contribution in [0.1, 0.15) is 39.5 Å². The highest BCUT2D eigenvalue weighted by Crippen LogP contribution is 2.28. The highest BCUT2D eigenvalue weighted by Gasteiger charge is 2.31.